The fraction of sp³-hybridized carbons (Fsp3) is 0.500. The summed E-state index contributed by atoms with van der Waals surface area (Å²) in [5.41, 5.74) is 0. The summed E-state index contributed by atoms with van der Waals surface area (Å²) in [6, 6.07) is 0. The Morgan fingerprint density at radius 3 is 0.900 bits per heavy atom. The second-order valence-electron chi connectivity index (χ2n) is 3.85. The summed E-state index contributed by atoms with van der Waals surface area (Å²) < 4.78 is 0. The van der Waals surface area contributed by atoms with E-state index in [-0.39, 0.29) is 11.5 Å². The van der Waals surface area contributed by atoms with E-state index in [1.165, 1.54) is 0 Å². The van der Waals surface area contributed by atoms with Crippen LogP contribution in [-0.4, -0.2) is 11.5 Å². The monoisotopic (exact) mass is 304 g/mol. The molecule has 0 fully saturated rings. The fourth-order valence-corrected chi connectivity index (χ4v) is 3.45. The van der Waals surface area contributed by atoms with Gasteiger partial charge in [0.1, 0.15) is 32.4 Å². The fourth-order valence-electron chi connectivity index (χ4n) is 1.39. The van der Waals surface area contributed by atoms with E-state index >= 15 is 0 Å². The zero-order valence-electron chi connectivity index (χ0n) is 10.7. The molecule has 0 aliphatic carbocycles. The smallest absolute Gasteiger partial charge is 0.140 e. The van der Waals surface area contributed by atoms with Crippen LogP contribution in [0.4, 0.5) is 0 Å². The SMILES string of the molecule is N#CS(C#N)(C#N)CCCCCCS(C#N)(C#N)C#N. The van der Waals surface area contributed by atoms with Gasteiger partial charge in [-0.25, -0.2) is 0 Å². The number of thiocyanates is 6. The van der Waals surface area contributed by atoms with Gasteiger partial charge < -0.3 is 0 Å². The topological polar surface area (TPSA) is 143 Å². The zero-order chi connectivity index (χ0) is 15.5. The van der Waals surface area contributed by atoms with Crippen LogP contribution in [0.15, 0.2) is 0 Å². The van der Waals surface area contributed by atoms with E-state index in [0.29, 0.717) is 25.7 Å². The lowest BCUT2D eigenvalue weighted by Gasteiger charge is -2.15. The van der Waals surface area contributed by atoms with Crippen molar-refractivity contribution in [3.8, 4) is 32.4 Å². The number of hydrogen-bond donors (Lipinski definition) is 0. The minimum atomic E-state index is -2.47. The summed E-state index contributed by atoms with van der Waals surface area (Å²) in [7, 11) is -4.95. The summed E-state index contributed by atoms with van der Waals surface area (Å²) >= 11 is 0. The third kappa shape index (κ3) is 4.72. The molecule has 0 saturated carbocycles. The lowest BCUT2D eigenvalue weighted by atomic mass is 10.2. The number of nitrogens with zero attached hydrogens (tertiary/aromatic N) is 6. The quantitative estimate of drug-likeness (QED) is 0.522. The lowest BCUT2D eigenvalue weighted by molar-refractivity contribution is 0.710. The highest BCUT2D eigenvalue weighted by molar-refractivity contribution is 8.44. The van der Waals surface area contributed by atoms with Gasteiger partial charge in [0.05, 0.1) is 0 Å². The summed E-state index contributed by atoms with van der Waals surface area (Å²) in [5, 5.41) is 63.7. The van der Waals surface area contributed by atoms with Gasteiger partial charge >= 0.3 is 0 Å². The van der Waals surface area contributed by atoms with Crippen LogP contribution in [-0.2, 0) is 0 Å². The minimum Gasteiger partial charge on any atom is -0.185 e. The van der Waals surface area contributed by atoms with Gasteiger partial charge in [0.25, 0.3) is 0 Å². The molecule has 0 atom stereocenters. The number of hydrogen-bond acceptors (Lipinski definition) is 6. The molecule has 8 heteroatoms. The van der Waals surface area contributed by atoms with Crippen molar-refractivity contribution in [2.75, 3.05) is 11.5 Å². The van der Waals surface area contributed by atoms with Gasteiger partial charge in [-0.2, -0.15) is 31.6 Å². The first kappa shape index (κ1) is 17.6. The van der Waals surface area contributed by atoms with Crippen molar-refractivity contribution >= 4 is 20.1 Å². The van der Waals surface area contributed by atoms with E-state index < -0.39 is 20.1 Å². The Hall–Kier alpha value is -2.36. The van der Waals surface area contributed by atoms with Crippen LogP contribution in [0.3, 0.4) is 0 Å². The van der Waals surface area contributed by atoms with Crippen molar-refractivity contribution in [1.82, 2.24) is 0 Å². The molecule has 0 unspecified atom stereocenters. The molecule has 0 bridgehead atoms. The molecule has 0 N–H and O–H groups in total. The molecule has 0 radical (unpaired) electrons. The zero-order valence-corrected chi connectivity index (χ0v) is 12.4. The van der Waals surface area contributed by atoms with E-state index in [2.05, 4.69) is 0 Å². The molecule has 0 amide bonds. The Morgan fingerprint density at radius 2 is 0.700 bits per heavy atom. The van der Waals surface area contributed by atoms with Gasteiger partial charge in [0.2, 0.25) is 0 Å². The molecule has 0 aromatic carbocycles. The molecule has 0 heterocycles. The molecule has 102 valence electrons. The largest absolute Gasteiger partial charge is 0.185 e. The number of rotatable bonds is 7. The Balaban J connectivity index is 4.11. The predicted octanol–water partition coefficient (Wildman–Crippen LogP) is 3.04. The van der Waals surface area contributed by atoms with Gasteiger partial charge in [-0.1, -0.05) is 12.8 Å². The Kier molecular flexibility index (Phi) is 7.67. The first-order chi connectivity index (χ1) is 9.57. The van der Waals surface area contributed by atoms with Crippen LogP contribution in [0.2, 0.25) is 0 Å². The molecule has 0 aliphatic heterocycles. The Morgan fingerprint density at radius 1 is 0.450 bits per heavy atom. The van der Waals surface area contributed by atoms with E-state index in [1.807, 2.05) is 0 Å². The van der Waals surface area contributed by atoms with Crippen molar-refractivity contribution in [3.05, 3.63) is 0 Å². The normalized spacial score (nSPS) is 11.5. The molecule has 0 spiro atoms. The standard InChI is InChI=1S/C12H12N6S2/c13-7-19(8-14,9-15)5-3-1-2-4-6-20(10-16,11-17)12-18/h1-6H2. The van der Waals surface area contributed by atoms with Crippen molar-refractivity contribution in [2.45, 2.75) is 25.7 Å². The highest BCUT2D eigenvalue weighted by Gasteiger charge is 2.23. The highest BCUT2D eigenvalue weighted by atomic mass is 32.3. The van der Waals surface area contributed by atoms with E-state index in [4.69, 9.17) is 31.6 Å². The van der Waals surface area contributed by atoms with Crippen molar-refractivity contribution in [2.24, 2.45) is 0 Å². The van der Waals surface area contributed by atoms with Crippen LogP contribution in [0, 0.1) is 64.0 Å². The molecular weight excluding hydrogens is 292 g/mol. The molecule has 0 aliphatic rings. The van der Waals surface area contributed by atoms with Gasteiger partial charge in [-0.05, 0) is 12.8 Å². The molecule has 0 rings (SSSR count). The first-order valence-corrected chi connectivity index (χ1v) is 9.25. The molecule has 0 aromatic heterocycles. The van der Waals surface area contributed by atoms with Gasteiger partial charge in [0.15, 0.2) is 0 Å². The minimum absolute atomic E-state index is 0.267. The molecule has 6 nitrogen and oxygen atoms in total. The van der Waals surface area contributed by atoms with Crippen molar-refractivity contribution in [3.63, 3.8) is 0 Å². The van der Waals surface area contributed by atoms with Crippen LogP contribution in [0.1, 0.15) is 25.7 Å². The lowest BCUT2D eigenvalue weighted by Crippen LogP contribution is -1.99. The first-order valence-electron chi connectivity index (χ1n) is 5.64. The van der Waals surface area contributed by atoms with Gasteiger partial charge in [0, 0.05) is 31.6 Å². The van der Waals surface area contributed by atoms with Crippen molar-refractivity contribution in [1.29, 1.82) is 31.6 Å². The van der Waals surface area contributed by atoms with Gasteiger partial charge in [-0.15, -0.1) is 0 Å². The molecule has 0 saturated heterocycles. The molecule has 0 aromatic rings. The maximum Gasteiger partial charge on any atom is 0.140 e. The second kappa shape index (κ2) is 8.69. The molecular formula is C12H12N6S2. The van der Waals surface area contributed by atoms with E-state index in [0.717, 1.165) is 0 Å². The maximum atomic E-state index is 8.82. The summed E-state index contributed by atoms with van der Waals surface area (Å²) in [4.78, 5) is 0. The summed E-state index contributed by atoms with van der Waals surface area (Å²) in [5.74, 6) is 0.534. The van der Waals surface area contributed by atoms with E-state index in [9.17, 15) is 0 Å². The second-order valence-corrected chi connectivity index (χ2v) is 8.72. The predicted molar refractivity (Wildman–Crippen MR) is 77.1 cm³/mol. The molecule has 20 heavy (non-hydrogen) atoms. The summed E-state index contributed by atoms with van der Waals surface area (Å²) in [6.07, 6.45) is 2.57. The third-order valence-electron chi connectivity index (χ3n) is 2.59. The van der Waals surface area contributed by atoms with Crippen LogP contribution in [0.25, 0.3) is 0 Å². The summed E-state index contributed by atoms with van der Waals surface area (Å²) in [6.45, 7) is 0. The third-order valence-corrected chi connectivity index (χ3v) is 6.26. The average molecular weight is 304 g/mol. The Labute approximate surface area is 121 Å². The maximum absolute atomic E-state index is 8.82. The van der Waals surface area contributed by atoms with Crippen LogP contribution in [0.5, 0.6) is 0 Å². The van der Waals surface area contributed by atoms with E-state index in [1.54, 1.807) is 32.4 Å². The van der Waals surface area contributed by atoms with Gasteiger partial charge in [-0.3, -0.25) is 0 Å². The van der Waals surface area contributed by atoms with Crippen LogP contribution < -0.4 is 0 Å². The Bertz CT molecular complexity index is 460. The van der Waals surface area contributed by atoms with Crippen LogP contribution >= 0.6 is 20.1 Å². The highest BCUT2D eigenvalue weighted by Crippen LogP contribution is 2.46. The number of nitriles is 6. The average Bonchev–Trinajstić information content (AvgIpc) is 2.52. The van der Waals surface area contributed by atoms with Crippen molar-refractivity contribution < 1.29 is 0 Å². The number of unbranched alkanes of at least 4 members (excludes halogenated alkanes) is 3.